The van der Waals surface area contributed by atoms with Crippen molar-refractivity contribution in [3.63, 3.8) is 0 Å². The molecule has 1 aliphatic rings. The van der Waals surface area contributed by atoms with Gasteiger partial charge >= 0.3 is 0 Å². The number of phenolic OH excluding ortho intramolecular Hbond substituents is 1. The Labute approximate surface area is 196 Å². The van der Waals surface area contributed by atoms with Gasteiger partial charge in [-0.25, -0.2) is 17.6 Å². The molecule has 0 bridgehead atoms. The summed E-state index contributed by atoms with van der Waals surface area (Å²) in [6.45, 7) is 0.808. The molecule has 3 rings (SSSR count). The molecule has 0 aromatic heterocycles. The van der Waals surface area contributed by atoms with E-state index in [-0.39, 0.29) is 22.0 Å². The predicted octanol–water partition coefficient (Wildman–Crippen LogP) is 5.89. The lowest BCUT2D eigenvalue weighted by molar-refractivity contribution is -0.112. The molecule has 1 aliphatic carbocycles. The van der Waals surface area contributed by atoms with Gasteiger partial charge in [0.25, 0.3) is 11.8 Å². The molecule has 178 valence electrons. The third-order valence-electron chi connectivity index (χ3n) is 5.44. The summed E-state index contributed by atoms with van der Waals surface area (Å²) in [6, 6.07) is 3.77. The number of benzene rings is 2. The molecule has 0 saturated heterocycles. The van der Waals surface area contributed by atoms with Crippen molar-refractivity contribution in [2.24, 2.45) is 0 Å². The average Bonchev–Trinajstić information content (AvgIpc) is 2.81. The molecule has 2 aromatic carbocycles. The number of rotatable bonds is 4. The number of nitrogens with zero attached hydrogens (tertiary/aromatic N) is 1. The van der Waals surface area contributed by atoms with Crippen LogP contribution in [0.5, 0.6) is 5.75 Å². The van der Waals surface area contributed by atoms with Crippen LogP contribution in [0.25, 0.3) is 0 Å². The van der Waals surface area contributed by atoms with Crippen LogP contribution in [0.1, 0.15) is 48.0 Å². The standard InChI is InChI=1S/C23H18ClF4N3O3/c1-10-18(25)20(27)17(21(28)19(10)26)23(34)30-14-8-16(32)15(7-13(14)24)31-22(33)12(9-29)11-5-3-2-4-6-11/h7-8,32H,2-6H2,1H3,(H,30,34)(H,31,33). The second kappa shape index (κ2) is 10.1. The Kier molecular flexibility index (Phi) is 7.47. The Bertz CT molecular complexity index is 1230. The van der Waals surface area contributed by atoms with E-state index in [1.807, 2.05) is 11.4 Å². The number of hydrogen-bond acceptors (Lipinski definition) is 4. The number of amides is 2. The van der Waals surface area contributed by atoms with Gasteiger partial charge in [0.2, 0.25) is 0 Å². The van der Waals surface area contributed by atoms with Gasteiger partial charge in [-0.15, -0.1) is 0 Å². The zero-order chi connectivity index (χ0) is 25.2. The third kappa shape index (κ3) is 4.84. The molecule has 1 fully saturated rings. The topological polar surface area (TPSA) is 102 Å². The van der Waals surface area contributed by atoms with Crippen molar-refractivity contribution in [1.82, 2.24) is 0 Å². The third-order valence-corrected chi connectivity index (χ3v) is 5.75. The van der Waals surface area contributed by atoms with Gasteiger partial charge < -0.3 is 15.7 Å². The maximum atomic E-state index is 14.1. The van der Waals surface area contributed by atoms with Crippen molar-refractivity contribution in [1.29, 1.82) is 5.26 Å². The van der Waals surface area contributed by atoms with E-state index < -0.39 is 52.0 Å². The molecule has 34 heavy (non-hydrogen) atoms. The maximum absolute atomic E-state index is 14.1. The summed E-state index contributed by atoms with van der Waals surface area (Å²) in [5.74, 6) is -10.1. The predicted molar refractivity (Wildman–Crippen MR) is 116 cm³/mol. The van der Waals surface area contributed by atoms with E-state index in [2.05, 4.69) is 5.32 Å². The van der Waals surface area contributed by atoms with Gasteiger partial charge in [-0.2, -0.15) is 5.26 Å². The lowest BCUT2D eigenvalue weighted by Crippen LogP contribution is -2.19. The summed E-state index contributed by atoms with van der Waals surface area (Å²) in [5.41, 5.74) is -2.34. The van der Waals surface area contributed by atoms with Crippen LogP contribution < -0.4 is 10.6 Å². The minimum atomic E-state index is -1.89. The van der Waals surface area contributed by atoms with Crippen molar-refractivity contribution in [2.75, 3.05) is 10.6 Å². The van der Waals surface area contributed by atoms with E-state index in [1.165, 1.54) is 0 Å². The van der Waals surface area contributed by atoms with Crippen molar-refractivity contribution >= 4 is 34.8 Å². The number of anilines is 2. The molecule has 6 nitrogen and oxygen atoms in total. The van der Waals surface area contributed by atoms with Gasteiger partial charge in [0.1, 0.15) is 23.0 Å². The zero-order valence-electron chi connectivity index (χ0n) is 17.8. The van der Waals surface area contributed by atoms with Crippen molar-refractivity contribution < 1.29 is 32.3 Å². The largest absolute Gasteiger partial charge is 0.506 e. The average molecular weight is 496 g/mol. The van der Waals surface area contributed by atoms with Crippen LogP contribution in [0.4, 0.5) is 28.9 Å². The summed E-state index contributed by atoms with van der Waals surface area (Å²) >= 11 is 6.06. The van der Waals surface area contributed by atoms with Gasteiger partial charge in [-0.1, -0.05) is 18.0 Å². The van der Waals surface area contributed by atoms with E-state index in [1.54, 1.807) is 0 Å². The van der Waals surface area contributed by atoms with Crippen molar-refractivity contribution in [3.8, 4) is 11.8 Å². The molecule has 11 heteroatoms. The number of nitrogens with one attached hydrogen (secondary N) is 2. The molecule has 1 saturated carbocycles. The minimum Gasteiger partial charge on any atom is -0.506 e. The fraction of sp³-hybridized carbons (Fsp3) is 0.261. The molecule has 0 atom stereocenters. The number of allylic oxidation sites excluding steroid dienone is 1. The SMILES string of the molecule is Cc1c(F)c(F)c(C(=O)Nc2cc(O)c(NC(=O)C(C#N)=C3CCCCC3)cc2Cl)c(F)c1F. The van der Waals surface area contributed by atoms with Gasteiger partial charge in [0, 0.05) is 11.6 Å². The number of carbonyl (C=O) groups excluding carboxylic acids is 2. The number of halogens is 5. The van der Waals surface area contributed by atoms with Gasteiger partial charge in [-0.3, -0.25) is 9.59 Å². The molecular formula is C23H18ClF4N3O3. The van der Waals surface area contributed by atoms with Crippen LogP contribution in [0, 0.1) is 41.5 Å². The monoisotopic (exact) mass is 495 g/mol. The summed E-state index contributed by atoms with van der Waals surface area (Å²) in [5, 5.41) is 23.7. The van der Waals surface area contributed by atoms with Crippen LogP contribution in [-0.2, 0) is 4.79 Å². The molecule has 0 aliphatic heterocycles. The first-order valence-electron chi connectivity index (χ1n) is 10.2. The number of aromatic hydroxyl groups is 1. The molecule has 2 aromatic rings. The first kappa shape index (κ1) is 25.1. The minimum absolute atomic E-state index is 0.0676. The Morgan fingerprint density at radius 1 is 0.971 bits per heavy atom. The van der Waals surface area contributed by atoms with Crippen molar-refractivity contribution in [3.05, 3.63) is 62.7 Å². The maximum Gasteiger partial charge on any atom is 0.266 e. The van der Waals surface area contributed by atoms with Gasteiger partial charge in [0.05, 0.1) is 16.4 Å². The quantitative estimate of drug-likeness (QED) is 0.162. The first-order valence-corrected chi connectivity index (χ1v) is 10.5. The number of nitriles is 1. The molecule has 0 heterocycles. The van der Waals surface area contributed by atoms with Crippen LogP contribution in [0.15, 0.2) is 23.3 Å². The summed E-state index contributed by atoms with van der Waals surface area (Å²) in [4.78, 5) is 24.9. The summed E-state index contributed by atoms with van der Waals surface area (Å²) in [6.07, 6.45) is 3.94. The molecule has 0 radical (unpaired) electrons. The number of carbonyl (C=O) groups is 2. The van der Waals surface area contributed by atoms with Crippen LogP contribution in [0.2, 0.25) is 5.02 Å². The zero-order valence-corrected chi connectivity index (χ0v) is 18.5. The Hall–Kier alpha value is -3.58. The number of phenols is 1. The lowest BCUT2D eigenvalue weighted by atomic mass is 9.91. The van der Waals surface area contributed by atoms with E-state index in [0.29, 0.717) is 18.4 Å². The second-order valence-corrected chi connectivity index (χ2v) is 8.07. The second-order valence-electron chi connectivity index (χ2n) is 7.66. The first-order chi connectivity index (χ1) is 16.1. The molecule has 0 unspecified atom stereocenters. The highest BCUT2D eigenvalue weighted by Crippen LogP contribution is 2.35. The Balaban J connectivity index is 1.86. The fourth-order valence-corrected chi connectivity index (χ4v) is 3.80. The molecular weight excluding hydrogens is 478 g/mol. The molecule has 0 spiro atoms. The van der Waals surface area contributed by atoms with E-state index in [9.17, 15) is 37.5 Å². The fourth-order valence-electron chi connectivity index (χ4n) is 3.59. The molecule has 3 N–H and O–H groups in total. The molecule has 2 amide bonds. The van der Waals surface area contributed by atoms with Crippen LogP contribution in [0.3, 0.4) is 0 Å². The summed E-state index contributed by atoms with van der Waals surface area (Å²) < 4.78 is 55.8. The van der Waals surface area contributed by atoms with Crippen LogP contribution >= 0.6 is 11.6 Å². The number of hydrogen-bond donors (Lipinski definition) is 3. The van der Waals surface area contributed by atoms with E-state index in [4.69, 9.17) is 11.6 Å². The van der Waals surface area contributed by atoms with Crippen molar-refractivity contribution in [2.45, 2.75) is 39.0 Å². The highest BCUT2D eigenvalue weighted by atomic mass is 35.5. The highest BCUT2D eigenvalue weighted by molar-refractivity contribution is 6.34. The highest BCUT2D eigenvalue weighted by Gasteiger charge is 2.28. The smallest absolute Gasteiger partial charge is 0.266 e. The van der Waals surface area contributed by atoms with Gasteiger partial charge in [-0.05, 0) is 44.2 Å². The Morgan fingerprint density at radius 3 is 2.12 bits per heavy atom. The van der Waals surface area contributed by atoms with Crippen LogP contribution in [-0.4, -0.2) is 16.9 Å². The normalized spacial score (nSPS) is 13.3. The summed E-state index contributed by atoms with van der Waals surface area (Å²) in [7, 11) is 0. The lowest BCUT2D eigenvalue weighted by Gasteiger charge is -2.16. The van der Waals surface area contributed by atoms with E-state index in [0.717, 1.165) is 38.3 Å². The van der Waals surface area contributed by atoms with E-state index >= 15 is 0 Å². The Morgan fingerprint density at radius 2 is 1.56 bits per heavy atom. The van der Waals surface area contributed by atoms with Gasteiger partial charge in [0.15, 0.2) is 23.3 Å².